The van der Waals surface area contributed by atoms with E-state index in [1.807, 2.05) is 30.3 Å². The molecule has 0 saturated heterocycles. The summed E-state index contributed by atoms with van der Waals surface area (Å²) >= 11 is 5.94. The Labute approximate surface area is 140 Å². The van der Waals surface area contributed by atoms with E-state index in [-0.39, 0.29) is 13.2 Å². The zero-order valence-electron chi connectivity index (χ0n) is 12.6. The second-order valence-electron chi connectivity index (χ2n) is 4.57. The number of hydrogen-bond donors (Lipinski definition) is 1. The lowest BCUT2D eigenvalue weighted by atomic mass is 10.2. The Morgan fingerprint density at radius 1 is 1.22 bits per heavy atom. The molecular weight excluding hydrogens is 314 g/mol. The van der Waals surface area contributed by atoms with E-state index >= 15 is 0 Å². The summed E-state index contributed by atoms with van der Waals surface area (Å²) in [6.45, 7) is 0.424. The van der Waals surface area contributed by atoms with Gasteiger partial charge in [-0.25, -0.2) is 4.79 Å². The van der Waals surface area contributed by atoms with Gasteiger partial charge in [-0.1, -0.05) is 53.8 Å². The number of halogens is 1. The van der Waals surface area contributed by atoms with E-state index in [4.69, 9.17) is 21.1 Å². The highest BCUT2D eigenvalue weighted by atomic mass is 35.5. The minimum Gasteiger partial charge on any atom is -0.495 e. The molecule has 5 heteroatoms. The molecule has 23 heavy (non-hydrogen) atoms. The molecule has 0 fully saturated rings. The van der Waals surface area contributed by atoms with Crippen molar-refractivity contribution in [3.8, 4) is 17.6 Å². The van der Waals surface area contributed by atoms with Crippen molar-refractivity contribution in [3.05, 3.63) is 64.7 Å². The summed E-state index contributed by atoms with van der Waals surface area (Å²) in [4.78, 5) is 11.5. The van der Waals surface area contributed by atoms with Crippen molar-refractivity contribution < 1.29 is 14.3 Å². The van der Waals surface area contributed by atoms with Crippen LogP contribution in [0.3, 0.4) is 0 Å². The van der Waals surface area contributed by atoms with E-state index in [2.05, 4.69) is 17.2 Å². The summed E-state index contributed by atoms with van der Waals surface area (Å²) < 4.78 is 10.2. The first-order valence-electron chi connectivity index (χ1n) is 6.96. The summed E-state index contributed by atoms with van der Waals surface area (Å²) in [6, 6.07) is 14.7. The van der Waals surface area contributed by atoms with E-state index in [9.17, 15) is 4.79 Å². The number of nitrogens with one attached hydrogen (secondary N) is 1. The number of carbonyl (C=O) groups is 1. The van der Waals surface area contributed by atoms with Crippen LogP contribution >= 0.6 is 11.6 Å². The molecule has 0 aromatic heterocycles. The van der Waals surface area contributed by atoms with Gasteiger partial charge in [0.15, 0.2) is 0 Å². The van der Waals surface area contributed by atoms with Crippen molar-refractivity contribution in [1.29, 1.82) is 0 Å². The van der Waals surface area contributed by atoms with E-state index < -0.39 is 6.09 Å². The molecule has 0 bridgehead atoms. The number of hydrogen-bond acceptors (Lipinski definition) is 3. The van der Waals surface area contributed by atoms with Crippen LogP contribution in [-0.4, -0.2) is 19.7 Å². The lowest BCUT2D eigenvalue weighted by molar-refractivity contribution is 0.141. The fourth-order valence-corrected chi connectivity index (χ4v) is 1.97. The largest absolute Gasteiger partial charge is 0.495 e. The van der Waals surface area contributed by atoms with Crippen LogP contribution in [0.25, 0.3) is 0 Å². The molecule has 1 N–H and O–H groups in total. The first-order chi connectivity index (χ1) is 11.2. The van der Waals surface area contributed by atoms with Gasteiger partial charge in [-0.15, -0.1) is 0 Å². The molecule has 0 radical (unpaired) electrons. The van der Waals surface area contributed by atoms with Crippen LogP contribution < -0.4 is 10.1 Å². The van der Waals surface area contributed by atoms with Crippen LogP contribution in [0, 0.1) is 11.8 Å². The molecule has 0 heterocycles. The van der Waals surface area contributed by atoms with Gasteiger partial charge in [0, 0.05) is 5.56 Å². The van der Waals surface area contributed by atoms with E-state index in [1.54, 1.807) is 25.3 Å². The number of carbonyl (C=O) groups excluding carboxylic acids is 1. The fraction of sp³-hybridized carbons (Fsp3) is 0.167. The third-order valence-corrected chi connectivity index (χ3v) is 3.23. The number of ether oxygens (including phenoxy) is 2. The van der Waals surface area contributed by atoms with Gasteiger partial charge in [0.1, 0.15) is 12.4 Å². The molecule has 0 atom stereocenters. The van der Waals surface area contributed by atoms with Gasteiger partial charge in [0.2, 0.25) is 0 Å². The summed E-state index contributed by atoms with van der Waals surface area (Å²) in [6.07, 6.45) is -0.503. The van der Waals surface area contributed by atoms with E-state index in [1.165, 1.54) is 0 Å². The van der Waals surface area contributed by atoms with Gasteiger partial charge < -0.3 is 14.8 Å². The van der Waals surface area contributed by atoms with Gasteiger partial charge in [-0.3, -0.25) is 0 Å². The Bertz CT molecular complexity index is 720. The van der Waals surface area contributed by atoms with Crippen LogP contribution in [0.4, 0.5) is 4.79 Å². The first-order valence-corrected chi connectivity index (χ1v) is 7.34. The summed E-state index contributed by atoms with van der Waals surface area (Å²) in [7, 11) is 1.54. The molecule has 118 valence electrons. The van der Waals surface area contributed by atoms with Gasteiger partial charge in [0.05, 0.1) is 18.7 Å². The second-order valence-corrected chi connectivity index (χ2v) is 4.97. The predicted molar refractivity (Wildman–Crippen MR) is 89.5 cm³/mol. The predicted octanol–water partition coefficient (Wildman–Crippen LogP) is 3.63. The maximum absolute atomic E-state index is 11.5. The van der Waals surface area contributed by atoms with Crippen molar-refractivity contribution in [2.75, 3.05) is 13.7 Å². The fourth-order valence-electron chi connectivity index (χ4n) is 1.77. The Balaban J connectivity index is 1.77. The SMILES string of the molecule is COc1cc(C#CCNC(=O)OCc2ccccc2)ccc1Cl. The Kier molecular flexibility index (Phi) is 6.34. The van der Waals surface area contributed by atoms with Gasteiger partial charge >= 0.3 is 6.09 Å². The molecule has 2 aromatic rings. The lowest BCUT2D eigenvalue weighted by Crippen LogP contribution is -2.24. The molecule has 0 aliphatic heterocycles. The minimum absolute atomic E-state index is 0.193. The minimum atomic E-state index is -0.503. The molecule has 0 saturated carbocycles. The van der Waals surface area contributed by atoms with Gasteiger partial charge in [0.25, 0.3) is 0 Å². The van der Waals surface area contributed by atoms with Gasteiger partial charge in [-0.2, -0.15) is 0 Å². The Morgan fingerprint density at radius 2 is 2.00 bits per heavy atom. The number of benzene rings is 2. The van der Waals surface area contributed by atoms with Crippen molar-refractivity contribution in [3.63, 3.8) is 0 Å². The smallest absolute Gasteiger partial charge is 0.408 e. The number of methoxy groups -OCH3 is 1. The maximum Gasteiger partial charge on any atom is 0.408 e. The monoisotopic (exact) mass is 329 g/mol. The Hall–Kier alpha value is -2.64. The van der Waals surface area contributed by atoms with Crippen LogP contribution in [0.1, 0.15) is 11.1 Å². The quantitative estimate of drug-likeness (QED) is 0.871. The molecule has 1 amide bonds. The molecule has 0 aliphatic rings. The van der Waals surface area contributed by atoms with Crippen molar-refractivity contribution in [2.24, 2.45) is 0 Å². The van der Waals surface area contributed by atoms with Crippen LogP contribution in [0.5, 0.6) is 5.75 Å². The molecule has 0 aliphatic carbocycles. The highest BCUT2D eigenvalue weighted by Crippen LogP contribution is 2.24. The maximum atomic E-state index is 11.5. The zero-order valence-corrected chi connectivity index (χ0v) is 13.4. The average Bonchev–Trinajstić information content (AvgIpc) is 2.59. The van der Waals surface area contributed by atoms with Crippen molar-refractivity contribution >= 4 is 17.7 Å². The summed E-state index contributed by atoms with van der Waals surface area (Å²) in [5.41, 5.74) is 1.69. The molecular formula is C18H16ClNO3. The Morgan fingerprint density at radius 3 is 2.74 bits per heavy atom. The standard InChI is InChI=1S/C18H16ClNO3/c1-22-17-12-14(9-10-16(17)19)8-5-11-20-18(21)23-13-15-6-3-2-4-7-15/h2-4,6-7,9-10,12H,11,13H2,1H3,(H,20,21). The third-order valence-electron chi connectivity index (χ3n) is 2.92. The summed E-state index contributed by atoms with van der Waals surface area (Å²) in [5.74, 6) is 6.32. The van der Waals surface area contributed by atoms with Crippen molar-refractivity contribution in [1.82, 2.24) is 5.32 Å². The molecule has 0 unspecified atom stereocenters. The number of alkyl carbamates (subject to hydrolysis) is 1. The number of amides is 1. The van der Waals surface area contributed by atoms with Crippen LogP contribution in [0.15, 0.2) is 48.5 Å². The highest BCUT2D eigenvalue weighted by Gasteiger charge is 2.01. The second kappa shape index (κ2) is 8.72. The van der Waals surface area contributed by atoms with Crippen LogP contribution in [0.2, 0.25) is 5.02 Å². The van der Waals surface area contributed by atoms with Gasteiger partial charge in [-0.05, 0) is 23.8 Å². The highest BCUT2D eigenvalue weighted by molar-refractivity contribution is 6.32. The lowest BCUT2D eigenvalue weighted by Gasteiger charge is -2.04. The normalized spacial score (nSPS) is 9.48. The third kappa shape index (κ3) is 5.57. The summed E-state index contributed by atoms with van der Waals surface area (Å²) in [5, 5.41) is 3.10. The zero-order chi connectivity index (χ0) is 16.5. The number of rotatable bonds is 4. The topological polar surface area (TPSA) is 47.6 Å². The molecule has 0 spiro atoms. The van der Waals surface area contributed by atoms with E-state index in [0.29, 0.717) is 10.8 Å². The molecule has 4 nitrogen and oxygen atoms in total. The van der Waals surface area contributed by atoms with E-state index in [0.717, 1.165) is 11.1 Å². The first kappa shape index (κ1) is 16.7. The molecule has 2 aromatic carbocycles. The van der Waals surface area contributed by atoms with Crippen LogP contribution in [-0.2, 0) is 11.3 Å². The average molecular weight is 330 g/mol. The molecule has 2 rings (SSSR count). The van der Waals surface area contributed by atoms with Crippen molar-refractivity contribution in [2.45, 2.75) is 6.61 Å².